The van der Waals surface area contributed by atoms with Crippen LogP contribution in [-0.2, 0) is 9.68 Å². The first-order valence-electron chi connectivity index (χ1n) is 5.09. The van der Waals surface area contributed by atoms with Crippen LogP contribution in [0.3, 0.4) is 0 Å². The van der Waals surface area contributed by atoms with Gasteiger partial charge in [-0.25, -0.2) is 9.68 Å². The molecule has 0 aromatic carbocycles. The summed E-state index contributed by atoms with van der Waals surface area (Å²) < 4.78 is 0. The van der Waals surface area contributed by atoms with E-state index in [1.165, 1.54) is 0 Å². The highest BCUT2D eigenvalue weighted by Crippen LogP contribution is 2.35. The Hall–Kier alpha value is -0.320. The highest BCUT2D eigenvalue weighted by molar-refractivity contribution is 4.85. The fourth-order valence-corrected chi connectivity index (χ4v) is 2.00. The Bertz CT molecular complexity index is 195. The first-order chi connectivity index (χ1) is 7.40. The zero-order valence-electron chi connectivity index (χ0n) is 9.22. The van der Waals surface area contributed by atoms with Gasteiger partial charge < -0.3 is 0 Å². The van der Waals surface area contributed by atoms with E-state index < -0.39 is 12.2 Å². The van der Waals surface area contributed by atoms with Gasteiger partial charge in [0.15, 0.2) is 0 Å². The highest BCUT2D eigenvalue weighted by Gasteiger charge is 2.39. The zero-order chi connectivity index (χ0) is 12.3. The molecule has 0 heterocycles. The maximum atomic E-state index is 8.56. The summed E-state index contributed by atoms with van der Waals surface area (Å²) in [7, 11) is 0. The predicted molar refractivity (Wildman–Crippen MR) is 48.1 cm³/mol. The molecule has 0 spiro atoms. The van der Waals surface area contributed by atoms with Crippen LogP contribution in [0.2, 0.25) is 0 Å². The van der Waals surface area contributed by atoms with Crippen LogP contribution in [0.15, 0.2) is 0 Å². The highest BCUT2D eigenvalue weighted by atomic mass is 17.1. The SMILES string of the molecule is CC(C)[C@@H]1C[C@H](ON(O)O)[C@H](ON(O)O)C1. The van der Waals surface area contributed by atoms with Crippen LogP contribution < -0.4 is 0 Å². The molecule has 1 saturated carbocycles. The third-order valence-electron chi connectivity index (χ3n) is 2.89. The minimum atomic E-state index is -0.635. The van der Waals surface area contributed by atoms with Crippen molar-refractivity contribution in [2.45, 2.75) is 38.9 Å². The standard InChI is InChI=1S/C8H18N2O6/c1-5(2)6-3-7(15-9(11)12)8(4-6)16-10(13)14/h5-8,11-14H,3-4H2,1-2H3/t6-,7+,8-. The molecule has 0 bridgehead atoms. The molecule has 96 valence electrons. The molecule has 8 heteroatoms. The smallest absolute Gasteiger partial charge is 0.113 e. The quantitative estimate of drug-likeness (QED) is 0.521. The Morgan fingerprint density at radius 1 is 0.938 bits per heavy atom. The van der Waals surface area contributed by atoms with Gasteiger partial charge in [-0.3, -0.25) is 20.8 Å². The molecule has 16 heavy (non-hydrogen) atoms. The van der Waals surface area contributed by atoms with Gasteiger partial charge in [0, 0.05) is 0 Å². The first kappa shape index (κ1) is 13.7. The van der Waals surface area contributed by atoms with Gasteiger partial charge in [0.05, 0.1) is 10.8 Å². The van der Waals surface area contributed by atoms with E-state index in [2.05, 4.69) is 9.68 Å². The first-order valence-corrected chi connectivity index (χ1v) is 5.09. The van der Waals surface area contributed by atoms with E-state index in [0.29, 0.717) is 18.8 Å². The average molecular weight is 238 g/mol. The molecular formula is C8H18N2O6. The normalized spacial score (nSPS) is 30.9. The fraction of sp³-hybridized carbons (Fsp3) is 1.00. The maximum Gasteiger partial charge on any atom is 0.113 e. The van der Waals surface area contributed by atoms with Crippen LogP contribution in [-0.4, -0.2) is 43.8 Å². The molecule has 8 nitrogen and oxygen atoms in total. The van der Waals surface area contributed by atoms with Crippen molar-refractivity contribution in [1.82, 2.24) is 10.8 Å². The van der Waals surface area contributed by atoms with E-state index in [9.17, 15) is 0 Å². The summed E-state index contributed by atoms with van der Waals surface area (Å²) in [6.07, 6.45) is -0.171. The third-order valence-corrected chi connectivity index (χ3v) is 2.89. The Morgan fingerprint density at radius 2 is 1.31 bits per heavy atom. The van der Waals surface area contributed by atoms with Gasteiger partial charge in [-0.15, -0.1) is 0 Å². The van der Waals surface area contributed by atoms with Crippen molar-refractivity contribution in [3.05, 3.63) is 0 Å². The number of rotatable bonds is 5. The van der Waals surface area contributed by atoms with E-state index in [-0.39, 0.29) is 16.7 Å². The van der Waals surface area contributed by atoms with E-state index in [4.69, 9.17) is 20.8 Å². The molecule has 1 aliphatic carbocycles. The van der Waals surface area contributed by atoms with E-state index in [1.807, 2.05) is 13.8 Å². The molecule has 0 radical (unpaired) electrons. The molecule has 0 aliphatic heterocycles. The predicted octanol–water partition coefficient (Wildman–Crippen LogP) is 0.814. The van der Waals surface area contributed by atoms with Gasteiger partial charge in [-0.2, -0.15) is 0 Å². The minimum absolute atomic E-state index is 0.259. The molecule has 1 aliphatic rings. The van der Waals surface area contributed by atoms with Gasteiger partial charge in [-0.1, -0.05) is 13.8 Å². The van der Waals surface area contributed by atoms with Crippen molar-refractivity contribution in [1.29, 1.82) is 0 Å². The van der Waals surface area contributed by atoms with Crippen LogP contribution >= 0.6 is 0 Å². The maximum absolute atomic E-state index is 8.56. The lowest BCUT2D eigenvalue weighted by Crippen LogP contribution is -2.35. The largest absolute Gasteiger partial charge is 0.266 e. The van der Waals surface area contributed by atoms with Gasteiger partial charge in [0.1, 0.15) is 12.2 Å². The average Bonchev–Trinajstić information content (AvgIpc) is 2.46. The zero-order valence-corrected chi connectivity index (χ0v) is 9.22. The number of nitrogens with zero attached hydrogens (tertiary/aromatic N) is 2. The van der Waals surface area contributed by atoms with Crippen molar-refractivity contribution in [3.8, 4) is 0 Å². The van der Waals surface area contributed by atoms with Gasteiger partial charge in [0.25, 0.3) is 0 Å². The summed E-state index contributed by atoms with van der Waals surface area (Å²) in [5.74, 6) is 0.631. The van der Waals surface area contributed by atoms with Crippen LogP contribution in [0.25, 0.3) is 0 Å². The minimum Gasteiger partial charge on any atom is -0.266 e. The lowest BCUT2D eigenvalue weighted by molar-refractivity contribution is -0.535. The Balaban J connectivity index is 2.56. The Morgan fingerprint density at radius 3 is 1.56 bits per heavy atom. The van der Waals surface area contributed by atoms with Crippen molar-refractivity contribution >= 4 is 0 Å². The summed E-state index contributed by atoms with van der Waals surface area (Å²) in [4.78, 5) is 9.35. The molecule has 4 N–H and O–H groups in total. The molecule has 1 rings (SSSR count). The van der Waals surface area contributed by atoms with Gasteiger partial charge in [-0.05, 0) is 24.7 Å². The summed E-state index contributed by atoms with van der Waals surface area (Å²) in [5, 5.41) is 33.5. The molecule has 0 aromatic rings. The lowest BCUT2D eigenvalue weighted by Gasteiger charge is -2.21. The van der Waals surface area contributed by atoms with E-state index >= 15 is 0 Å². The van der Waals surface area contributed by atoms with Crippen molar-refractivity contribution in [2.75, 3.05) is 0 Å². The fourth-order valence-electron chi connectivity index (χ4n) is 2.00. The summed E-state index contributed by atoms with van der Waals surface area (Å²) in [5.41, 5.74) is 0. The van der Waals surface area contributed by atoms with Crippen molar-refractivity contribution in [2.24, 2.45) is 11.8 Å². The van der Waals surface area contributed by atoms with Crippen LogP contribution in [0.4, 0.5) is 0 Å². The summed E-state index contributed by atoms with van der Waals surface area (Å²) >= 11 is 0. The second kappa shape index (κ2) is 5.84. The Kier molecular flexibility index (Phi) is 5.02. The monoisotopic (exact) mass is 238 g/mol. The molecule has 3 atom stereocenters. The van der Waals surface area contributed by atoms with Gasteiger partial charge >= 0.3 is 0 Å². The molecule has 0 amide bonds. The van der Waals surface area contributed by atoms with E-state index in [0.717, 1.165) is 0 Å². The summed E-state index contributed by atoms with van der Waals surface area (Å²) in [6.45, 7) is 4.05. The number of hydrogen-bond donors (Lipinski definition) is 4. The van der Waals surface area contributed by atoms with Crippen molar-refractivity contribution in [3.63, 3.8) is 0 Å². The molecule has 1 fully saturated rings. The molecule has 0 unspecified atom stereocenters. The van der Waals surface area contributed by atoms with Gasteiger partial charge in [0.2, 0.25) is 0 Å². The second-order valence-electron chi connectivity index (χ2n) is 4.27. The lowest BCUT2D eigenvalue weighted by atomic mass is 9.94. The van der Waals surface area contributed by atoms with Crippen LogP contribution in [0.5, 0.6) is 0 Å². The van der Waals surface area contributed by atoms with Crippen LogP contribution in [0, 0.1) is 11.8 Å². The topological polar surface area (TPSA) is 106 Å². The second-order valence-corrected chi connectivity index (χ2v) is 4.27. The number of hydrogen-bond acceptors (Lipinski definition) is 8. The third kappa shape index (κ3) is 3.92. The van der Waals surface area contributed by atoms with E-state index in [1.54, 1.807) is 0 Å². The molecule has 0 aromatic heterocycles. The Labute approximate surface area is 92.9 Å². The molecule has 0 saturated heterocycles. The molecular weight excluding hydrogens is 220 g/mol. The van der Waals surface area contributed by atoms with Crippen LogP contribution in [0.1, 0.15) is 26.7 Å². The van der Waals surface area contributed by atoms with Crippen molar-refractivity contribution < 1.29 is 30.5 Å². The summed E-state index contributed by atoms with van der Waals surface area (Å²) in [6, 6.07) is 0.